The van der Waals surface area contributed by atoms with Gasteiger partial charge >= 0.3 is 24.4 Å². The predicted octanol–water partition coefficient (Wildman–Crippen LogP) is 14.5. The van der Waals surface area contributed by atoms with E-state index in [1.807, 2.05) is 26.5 Å². The van der Waals surface area contributed by atoms with E-state index >= 15 is 0 Å². The molecule has 8 aliphatic rings. The smallest absolute Gasteiger partial charge is 0.410 e. The highest BCUT2D eigenvalue weighted by Gasteiger charge is 2.43. The lowest BCUT2D eigenvalue weighted by atomic mass is 9.82. The van der Waals surface area contributed by atoms with Crippen molar-refractivity contribution in [1.82, 2.24) is 19.6 Å². The van der Waals surface area contributed by atoms with Crippen molar-refractivity contribution in [2.75, 3.05) is 52.4 Å². The first kappa shape index (κ1) is 58.0. The molecule has 4 aliphatic heterocycles. The number of nitrogens with zero attached hydrogens (tertiary/aromatic N) is 4. The quantitative estimate of drug-likeness (QED) is 0.221. The standard InChI is InChI=1S/C16H29NO2.C15H27NO2.C14H25NO2.C13H23NO2/c1-13(2)14-7-11-17(12-8-14)15(18)19-16(3)9-5-4-6-10-16;1-12(2)13-6-10-16(11-7-13)14(17)18-15(3)8-4-5-9-15;1-11(2)12-5-9-15(10-6-12)13(16)17-14(3)7-4-8-14;1-10(2)11-4-8-14(9-5-11)12(15)16-13(3)6-7-13/h13-14H,4-12H2,1-3H3;12-13H,4-11H2,1-3H3;11-12H,4-10H2,1-3H3;10-11H,4-9H2,1-3H3. The maximum atomic E-state index is 12.3. The molecule has 0 spiro atoms. The zero-order valence-corrected chi connectivity index (χ0v) is 46.9. The number of hydrogen-bond acceptors (Lipinski definition) is 8. The SMILES string of the molecule is CC(C)C1CCN(C(=O)OC2(C)CC2)CC1.CC(C)C1CCN(C(=O)OC2(C)CCC2)CC1.CC(C)C1CCN(C(=O)OC2(C)CCCC2)CC1.CC(C)C1CCN(C(=O)OC2(C)CCCCC2)CC1. The van der Waals surface area contributed by atoms with Crippen LogP contribution in [0.3, 0.4) is 0 Å². The summed E-state index contributed by atoms with van der Waals surface area (Å²) in [6.45, 7) is 33.4. The first-order valence-electron chi connectivity index (χ1n) is 28.9. The number of likely N-dealkylation sites (tertiary alicyclic amines) is 4. The molecule has 4 saturated carbocycles. The maximum Gasteiger partial charge on any atom is 0.410 e. The maximum absolute atomic E-state index is 12.3. The lowest BCUT2D eigenvalue weighted by Crippen LogP contribution is -2.46. The van der Waals surface area contributed by atoms with Gasteiger partial charge < -0.3 is 38.5 Å². The summed E-state index contributed by atoms with van der Waals surface area (Å²) in [6, 6.07) is 0. The van der Waals surface area contributed by atoms with Crippen molar-refractivity contribution in [3.63, 3.8) is 0 Å². The minimum atomic E-state index is -0.204. The van der Waals surface area contributed by atoms with Crippen molar-refractivity contribution in [2.45, 2.75) is 247 Å². The van der Waals surface area contributed by atoms with Crippen LogP contribution in [-0.2, 0) is 18.9 Å². The molecule has 4 heterocycles. The lowest BCUT2D eigenvalue weighted by molar-refractivity contribution is -0.0511. The van der Waals surface area contributed by atoms with Gasteiger partial charge in [-0.2, -0.15) is 0 Å². The van der Waals surface area contributed by atoms with Gasteiger partial charge in [-0.15, -0.1) is 0 Å². The van der Waals surface area contributed by atoms with Crippen LogP contribution in [0.2, 0.25) is 0 Å². The van der Waals surface area contributed by atoms with E-state index in [1.54, 1.807) is 0 Å². The number of hydrogen-bond donors (Lipinski definition) is 0. The molecule has 8 rings (SSSR count). The van der Waals surface area contributed by atoms with Gasteiger partial charge in [-0.25, -0.2) is 19.2 Å². The molecule has 12 nitrogen and oxygen atoms in total. The average molecular weight is 985 g/mol. The third-order valence-corrected chi connectivity index (χ3v) is 18.2. The van der Waals surface area contributed by atoms with Crippen LogP contribution >= 0.6 is 0 Å². The molecule has 0 unspecified atom stereocenters. The van der Waals surface area contributed by atoms with Crippen LogP contribution in [0.4, 0.5) is 19.2 Å². The van der Waals surface area contributed by atoms with Gasteiger partial charge in [0.05, 0.1) is 0 Å². The molecule has 0 aromatic rings. The first-order chi connectivity index (χ1) is 33.0. The molecule has 4 saturated heterocycles. The van der Waals surface area contributed by atoms with Crippen LogP contribution in [0.25, 0.3) is 0 Å². The molecule has 4 aliphatic carbocycles. The zero-order valence-electron chi connectivity index (χ0n) is 46.9. The van der Waals surface area contributed by atoms with E-state index in [2.05, 4.69) is 76.2 Å². The molecule has 8 fully saturated rings. The van der Waals surface area contributed by atoms with Crippen LogP contribution in [0, 0.1) is 47.3 Å². The average Bonchev–Trinajstić information content (AvgIpc) is 3.90. The predicted molar refractivity (Wildman–Crippen MR) is 281 cm³/mol. The Bertz CT molecular complexity index is 1600. The number of amides is 4. The number of ether oxygens (including phenoxy) is 4. The van der Waals surface area contributed by atoms with Crippen molar-refractivity contribution < 1.29 is 38.1 Å². The third kappa shape index (κ3) is 18.2. The number of carbonyl (C=O) groups excluding carboxylic acids is 4. The molecular weight excluding hydrogens is 881 g/mol. The summed E-state index contributed by atoms with van der Waals surface area (Å²) in [5.74, 6) is 6.03. The van der Waals surface area contributed by atoms with Crippen LogP contribution in [0.15, 0.2) is 0 Å². The van der Waals surface area contributed by atoms with Crippen molar-refractivity contribution in [3.05, 3.63) is 0 Å². The summed E-state index contributed by atoms with van der Waals surface area (Å²) in [4.78, 5) is 55.8. The second kappa shape index (κ2) is 26.3. The van der Waals surface area contributed by atoms with E-state index in [-0.39, 0.29) is 46.8 Å². The van der Waals surface area contributed by atoms with Crippen molar-refractivity contribution >= 4 is 24.4 Å². The van der Waals surface area contributed by atoms with Gasteiger partial charge in [-0.1, -0.05) is 61.8 Å². The van der Waals surface area contributed by atoms with Crippen molar-refractivity contribution in [2.24, 2.45) is 47.3 Å². The van der Waals surface area contributed by atoms with Crippen LogP contribution in [0.5, 0.6) is 0 Å². The zero-order chi connectivity index (χ0) is 51.3. The first-order valence-corrected chi connectivity index (χ1v) is 28.9. The molecule has 0 N–H and O–H groups in total. The summed E-state index contributed by atoms with van der Waals surface area (Å²) in [7, 11) is 0. The fourth-order valence-electron chi connectivity index (χ4n) is 11.8. The van der Waals surface area contributed by atoms with Crippen molar-refractivity contribution in [3.8, 4) is 0 Å². The van der Waals surface area contributed by atoms with Gasteiger partial charge in [0.15, 0.2) is 0 Å². The minimum absolute atomic E-state index is 0.0772. The van der Waals surface area contributed by atoms with Crippen LogP contribution in [-0.4, -0.2) is 119 Å². The summed E-state index contributed by atoms with van der Waals surface area (Å²) in [5, 5.41) is 0. The molecule has 404 valence electrons. The Morgan fingerprint density at radius 3 is 0.671 bits per heavy atom. The normalized spacial score (nSPS) is 24.6. The van der Waals surface area contributed by atoms with E-state index < -0.39 is 0 Å². The lowest BCUT2D eigenvalue weighted by Gasteiger charge is -2.40. The number of piperidine rings is 4. The summed E-state index contributed by atoms with van der Waals surface area (Å²) >= 11 is 0. The molecule has 0 radical (unpaired) electrons. The Balaban J connectivity index is 0.000000174. The highest BCUT2D eigenvalue weighted by Crippen LogP contribution is 2.40. The van der Waals surface area contributed by atoms with E-state index in [0.717, 1.165) is 202 Å². The number of rotatable bonds is 8. The molecule has 12 heteroatoms. The van der Waals surface area contributed by atoms with E-state index in [9.17, 15) is 19.2 Å². The minimum Gasteiger partial charge on any atom is -0.443 e. The molecule has 0 aromatic carbocycles. The topological polar surface area (TPSA) is 118 Å². The van der Waals surface area contributed by atoms with Gasteiger partial charge in [0, 0.05) is 52.4 Å². The number of carbonyl (C=O) groups is 4. The largest absolute Gasteiger partial charge is 0.443 e. The Morgan fingerprint density at radius 1 is 0.314 bits per heavy atom. The van der Waals surface area contributed by atoms with E-state index in [4.69, 9.17) is 18.9 Å². The molecule has 0 aromatic heterocycles. The Kier molecular flexibility index (Phi) is 21.8. The van der Waals surface area contributed by atoms with Crippen LogP contribution in [0.1, 0.15) is 224 Å². The Labute approximate surface area is 427 Å². The summed E-state index contributed by atoms with van der Waals surface area (Å²) < 4.78 is 22.6. The highest BCUT2D eigenvalue weighted by molar-refractivity contribution is 5.69. The fraction of sp³-hybridized carbons (Fsp3) is 0.931. The monoisotopic (exact) mass is 985 g/mol. The molecule has 4 amide bonds. The molecule has 0 atom stereocenters. The second-order valence-electron chi connectivity index (χ2n) is 25.7. The summed E-state index contributed by atoms with van der Waals surface area (Å²) in [6.07, 6.45) is 24.2. The van der Waals surface area contributed by atoms with E-state index in [1.165, 1.54) is 38.5 Å². The van der Waals surface area contributed by atoms with Crippen molar-refractivity contribution in [1.29, 1.82) is 0 Å². The second-order valence-corrected chi connectivity index (χ2v) is 25.7. The van der Waals surface area contributed by atoms with Crippen LogP contribution < -0.4 is 0 Å². The van der Waals surface area contributed by atoms with Gasteiger partial charge in [0.1, 0.15) is 22.4 Å². The van der Waals surface area contributed by atoms with Gasteiger partial charge in [-0.3, -0.25) is 0 Å². The Hall–Kier alpha value is -2.92. The molecule has 70 heavy (non-hydrogen) atoms. The summed E-state index contributed by atoms with van der Waals surface area (Å²) in [5.41, 5.74) is -0.686. The fourth-order valence-corrected chi connectivity index (χ4v) is 11.8. The third-order valence-electron chi connectivity index (χ3n) is 18.2. The Morgan fingerprint density at radius 2 is 0.500 bits per heavy atom. The van der Waals surface area contributed by atoms with Gasteiger partial charge in [-0.05, 0) is 210 Å². The molecule has 0 bridgehead atoms. The van der Waals surface area contributed by atoms with E-state index in [0.29, 0.717) is 0 Å². The molecular formula is C58H104N4O8. The van der Waals surface area contributed by atoms with Gasteiger partial charge in [0.2, 0.25) is 0 Å². The highest BCUT2D eigenvalue weighted by atomic mass is 16.6. The van der Waals surface area contributed by atoms with Gasteiger partial charge in [0.25, 0.3) is 0 Å².